The zero-order valence-corrected chi connectivity index (χ0v) is 14.5. The fraction of sp³-hybridized carbons (Fsp3) is 0.333. The van der Waals surface area contributed by atoms with Crippen molar-refractivity contribution in [2.24, 2.45) is 0 Å². The van der Waals surface area contributed by atoms with E-state index in [2.05, 4.69) is 4.98 Å². The number of nitrogens with one attached hydrogen (secondary N) is 1. The van der Waals surface area contributed by atoms with Crippen LogP contribution in [0.25, 0.3) is 0 Å². The standard InChI is InChI=1S/C18H18F3NO4/c1-4-25-17(24)15-10(2)14(11(3)22-15)16(23)26-9-12-7-5-6-8-13(12)18(19,20)21/h5-8,22H,4,9H2,1-3H3. The van der Waals surface area contributed by atoms with E-state index in [0.717, 1.165) is 6.07 Å². The predicted molar refractivity (Wildman–Crippen MR) is 86.8 cm³/mol. The Balaban J connectivity index is 2.21. The van der Waals surface area contributed by atoms with Gasteiger partial charge in [0, 0.05) is 11.3 Å². The Morgan fingerprint density at radius 1 is 1.08 bits per heavy atom. The van der Waals surface area contributed by atoms with Crippen molar-refractivity contribution in [3.8, 4) is 0 Å². The van der Waals surface area contributed by atoms with Crippen LogP contribution in [0, 0.1) is 13.8 Å². The number of esters is 2. The Morgan fingerprint density at radius 2 is 1.73 bits per heavy atom. The molecule has 1 N–H and O–H groups in total. The summed E-state index contributed by atoms with van der Waals surface area (Å²) in [7, 11) is 0. The van der Waals surface area contributed by atoms with Crippen LogP contribution in [0.2, 0.25) is 0 Å². The number of rotatable bonds is 5. The molecule has 2 aromatic rings. The number of aromatic amines is 1. The number of aryl methyl sites for hydroxylation is 1. The number of carbonyl (C=O) groups is 2. The molecule has 0 fully saturated rings. The number of H-pyrrole nitrogens is 1. The summed E-state index contributed by atoms with van der Waals surface area (Å²) in [6, 6.07) is 4.87. The summed E-state index contributed by atoms with van der Waals surface area (Å²) in [5, 5.41) is 0. The maximum Gasteiger partial charge on any atom is 0.416 e. The van der Waals surface area contributed by atoms with Crippen molar-refractivity contribution in [2.45, 2.75) is 33.6 Å². The first kappa shape index (κ1) is 19.6. The maximum atomic E-state index is 13.0. The van der Waals surface area contributed by atoms with Gasteiger partial charge in [0.1, 0.15) is 12.3 Å². The van der Waals surface area contributed by atoms with Crippen LogP contribution in [0.3, 0.4) is 0 Å². The van der Waals surface area contributed by atoms with Gasteiger partial charge in [0.2, 0.25) is 0 Å². The summed E-state index contributed by atoms with van der Waals surface area (Å²) in [5.41, 5.74) is -0.0772. The summed E-state index contributed by atoms with van der Waals surface area (Å²) in [5.74, 6) is -1.43. The first-order valence-corrected chi connectivity index (χ1v) is 7.85. The van der Waals surface area contributed by atoms with Crippen molar-refractivity contribution < 1.29 is 32.2 Å². The smallest absolute Gasteiger partial charge is 0.416 e. The predicted octanol–water partition coefficient (Wildman–Crippen LogP) is 4.18. The van der Waals surface area contributed by atoms with Crippen molar-refractivity contribution in [3.05, 3.63) is 57.9 Å². The van der Waals surface area contributed by atoms with E-state index >= 15 is 0 Å². The molecule has 0 radical (unpaired) electrons. The summed E-state index contributed by atoms with van der Waals surface area (Å²) >= 11 is 0. The van der Waals surface area contributed by atoms with Crippen LogP contribution in [0.15, 0.2) is 24.3 Å². The molecule has 0 spiro atoms. The second-order valence-electron chi connectivity index (χ2n) is 5.58. The van der Waals surface area contributed by atoms with Crippen LogP contribution in [-0.4, -0.2) is 23.5 Å². The second-order valence-corrected chi connectivity index (χ2v) is 5.58. The second kappa shape index (κ2) is 7.63. The molecule has 0 saturated heterocycles. The van der Waals surface area contributed by atoms with E-state index in [1.807, 2.05) is 0 Å². The third-order valence-electron chi connectivity index (χ3n) is 3.80. The fourth-order valence-corrected chi connectivity index (χ4v) is 2.60. The molecular formula is C18H18F3NO4. The van der Waals surface area contributed by atoms with Gasteiger partial charge in [-0.05, 0) is 32.4 Å². The topological polar surface area (TPSA) is 68.4 Å². The molecule has 140 valence electrons. The van der Waals surface area contributed by atoms with E-state index in [1.54, 1.807) is 13.8 Å². The molecule has 1 aromatic carbocycles. The number of halogens is 3. The van der Waals surface area contributed by atoms with Gasteiger partial charge in [0.15, 0.2) is 0 Å². The third-order valence-corrected chi connectivity index (χ3v) is 3.80. The zero-order chi connectivity index (χ0) is 19.5. The lowest BCUT2D eigenvalue weighted by Crippen LogP contribution is -2.13. The van der Waals surface area contributed by atoms with Crippen molar-refractivity contribution in [1.29, 1.82) is 0 Å². The van der Waals surface area contributed by atoms with Gasteiger partial charge in [-0.3, -0.25) is 0 Å². The van der Waals surface area contributed by atoms with Gasteiger partial charge >= 0.3 is 18.1 Å². The fourth-order valence-electron chi connectivity index (χ4n) is 2.60. The van der Waals surface area contributed by atoms with E-state index in [1.165, 1.54) is 25.1 Å². The third kappa shape index (κ3) is 4.07. The Kier molecular flexibility index (Phi) is 5.74. The molecule has 1 heterocycles. The number of carbonyl (C=O) groups excluding carboxylic acids is 2. The first-order valence-electron chi connectivity index (χ1n) is 7.85. The molecule has 0 bridgehead atoms. The lowest BCUT2D eigenvalue weighted by Gasteiger charge is -2.13. The van der Waals surface area contributed by atoms with Crippen molar-refractivity contribution >= 4 is 11.9 Å². The molecule has 5 nitrogen and oxygen atoms in total. The van der Waals surface area contributed by atoms with Crippen molar-refractivity contribution in [2.75, 3.05) is 6.61 Å². The van der Waals surface area contributed by atoms with Crippen molar-refractivity contribution in [1.82, 2.24) is 4.98 Å². The molecule has 0 aliphatic heterocycles. The molecule has 0 amide bonds. The Morgan fingerprint density at radius 3 is 2.35 bits per heavy atom. The summed E-state index contributed by atoms with van der Waals surface area (Å²) in [6.07, 6.45) is -4.54. The highest BCUT2D eigenvalue weighted by Gasteiger charge is 2.33. The number of ether oxygens (including phenoxy) is 2. The average Bonchev–Trinajstić information content (AvgIpc) is 2.87. The van der Waals surface area contributed by atoms with Crippen LogP contribution in [-0.2, 0) is 22.3 Å². The first-order chi connectivity index (χ1) is 12.2. The van der Waals surface area contributed by atoms with E-state index < -0.39 is 30.3 Å². The van der Waals surface area contributed by atoms with Gasteiger partial charge in [-0.2, -0.15) is 13.2 Å². The minimum Gasteiger partial charge on any atom is -0.461 e. The van der Waals surface area contributed by atoms with Crippen LogP contribution >= 0.6 is 0 Å². The number of benzene rings is 1. The minimum absolute atomic E-state index is 0.109. The summed E-state index contributed by atoms with van der Waals surface area (Å²) < 4.78 is 48.9. The molecule has 2 rings (SSSR count). The monoisotopic (exact) mass is 369 g/mol. The molecule has 0 aliphatic carbocycles. The number of aromatic nitrogens is 1. The van der Waals surface area contributed by atoms with Gasteiger partial charge in [0.25, 0.3) is 0 Å². The normalized spacial score (nSPS) is 11.3. The van der Waals surface area contributed by atoms with Gasteiger partial charge in [-0.15, -0.1) is 0 Å². The quantitative estimate of drug-likeness (QED) is 0.803. The largest absolute Gasteiger partial charge is 0.461 e. The van der Waals surface area contributed by atoms with E-state index in [4.69, 9.17) is 9.47 Å². The molecule has 0 saturated carbocycles. The molecule has 0 aliphatic rings. The zero-order valence-electron chi connectivity index (χ0n) is 14.5. The SMILES string of the molecule is CCOC(=O)c1[nH]c(C)c(C(=O)OCc2ccccc2C(F)(F)F)c1C. The van der Waals surface area contributed by atoms with E-state index in [-0.39, 0.29) is 23.4 Å². The molecule has 0 unspecified atom stereocenters. The molecular weight excluding hydrogens is 351 g/mol. The Labute approximate surface area is 148 Å². The highest BCUT2D eigenvalue weighted by Crippen LogP contribution is 2.32. The van der Waals surface area contributed by atoms with Gasteiger partial charge in [-0.25, -0.2) is 9.59 Å². The lowest BCUT2D eigenvalue weighted by molar-refractivity contribution is -0.138. The maximum absolute atomic E-state index is 13.0. The lowest BCUT2D eigenvalue weighted by atomic mass is 10.1. The average molecular weight is 369 g/mol. The molecule has 8 heteroatoms. The van der Waals surface area contributed by atoms with Gasteiger partial charge < -0.3 is 14.5 Å². The Hall–Kier alpha value is -2.77. The molecule has 26 heavy (non-hydrogen) atoms. The van der Waals surface area contributed by atoms with Crippen LogP contribution < -0.4 is 0 Å². The number of hydrogen-bond acceptors (Lipinski definition) is 4. The Bertz CT molecular complexity index is 824. The van der Waals surface area contributed by atoms with Gasteiger partial charge in [0.05, 0.1) is 17.7 Å². The number of hydrogen-bond donors (Lipinski definition) is 1. The number of alkyl halides is 3. The van der Waals surface area contributed by atoms with Crippen LogP contribution in [0.4, 0.5) is 13.2 Å². The minimum atomic E-state index is -4.54. The summed E-state index contributed by atoms with van der Waals surface area (Å²) in [4.78, 5) is 27.0. The highest BCUT2D eigenvalue weighted by molar-refractivity contribution is 5.98. The summed E-state index contributed by atoms with van der Waals surface area (Å²) in [6.45, 7) is 4.39. The molecule has 1 aromatic heterocycles. The van der Waals surface area contributed by atoms with Crippen molar-refractivity contribution in [3.63, 3.8) is 0 Å². The van der Waals surface area contributed by atoms with E-state index in [0.29, 0.717) is 11.3 Å². The van der Waals surface area contributed by atoms with Crippen LogP contribution in [0.1, 0.15) is 50.2 Å². The molecule has 0 atom stereocenters. The highest BCUT2D eigenvalue weighted by atomic mass is 19.4. The van der Waals surface area contributed by atoms with E-state index in [9.17, 15) is 22.8 Å². The van der Waals surface area contributed by atoms with Gasteiger partial charge in [-0.1, -0.05) is 18.2 Å². The van der Waals surface area contributed by atoms with Crippen LogP contribution in [0.5, 0.6) is 0 Å².